The molecule has 1 amide bonds. The van der Waals surface area contributed by atoms with E-state index in [4.69, 9.17) is 4.74 Å². The summed E-state index contributed by atoms with van der Waals surface area (Å²) < 4.78 is 60.2. The Balaban J connectivity index is 1.82. The van der Waals surface area contributed by atoms with Gasteiger partial charge in [0.05, 0.1) is 21.2 Å². The van der Waals surface area contributed by atoms with Crippen molar-refractivity contribution in [2.24, 2.45) is 0 Å². The number of sulfonamides is 2. The van der Waals surface area contributed by atoms with E-state index in [-0.39, 0.29) is 33.7 Å². The molecule has 156 valence electrons. The molecule has 0 unspecified atom stereocenters. The minimum atomic E-state index is -4.02. The zero-order valence-corrected chi connectivity index (χ0v) is 17.3. The van der Waals surface area contributed by atoms with Crippen LogP contribution in [0.15, 0.2) is 52.3 Å². The van der Waals surface area contributed by atoms with Crippen LogP contribution < -0.4 is 19.5 Å². The number of carbonyl (C=O) groups is 1. The molecule has 2 aromatic carbocycles. The first kappa shape index (κ1) is 21.1. The van der Waals surface area contributed by atoms with Crippen LogP contribution in [0, 0.1) is 0 Å². The molecule has 0 atom stereocenters. The predicted octanol–water partition coefficient (Wildman–Crippen LogP) is 1.90. The molecule has 1 heterocycles. The normalized spacial score (nSPS) is 13.9. The Morgan fingerprint density at radius 3 is 2.55 bits per heavy atom. The summed E-state index contributed by atoms with van der Waals surface area (Å²) in [6.45, 7) is 2.12. The van der Waals surface area contributed by atoms with Crippen molar-refractivity contribution in [2.75, 3.05) is 23.2 Å². The van der Waals surface area contributed by atoms with Crippen LogP contribution in [-0.2, 0) is 24.8 Å². The predicted molar refractivity (Wildman–Crippen MR) is 108 cm³/mol. The minimum absolute atomic E-state index is 0.0418. The second kappa shape index (κ2) is 8.39. The molecule has 0 fully saturated rings. The van der Waals surface area contributed by atoms with Gasteiger partial charge in [0.2, 0.25) is 10.0 Å². The standard InChI is InChI=1S/C18H21N3O6S2/c1-2-3-9-19-28(23,24)14-6-4-5-13(10-14)21-29(25,26)15-7-8-17-16(11-15)20-18(22)12-27-17/h4-8,10-11,19,21H,2-3,9,12H2,1H3,(H,20,22). The van der Waals surface area contributed by atoms with Crippen LogP contribution in [0.1, 0.15) is 19.8 Å². The number of amides is 1. The van der Waals surface area contributed by atoms with Crippen LogP contribution in [0.2, 0.25) is 0 Å². The molecule has 2 aromatic rings. The molecule has 0 aromatic heterocycles. The molecule has 3 N–H and O–H groups in total. The smallest absolute Gasteiger partial charge is 0.262 e. The van der Waals surface area contributed by atoms with E-state index >= 15 is 0 Å². The molecule has 0 radical (unpaired) electrons. The van der Waals surface area contributed by atoms with E-state index in [1.54, 1.807) is 0 Å². The highest BCUT2D eigenvalue weighted by atomic mass is 32.2. The fourth-order valence-electron chi connectivity index (χ4n) is 2.64. The van der Waals surface area contributed by atoms with Crippen LogP contribution in [0.5, 0.6) is 5.75 Å². The number of nitrogens with one attached hydrogen (secondary N) is 3. The lowest BCUT2D eigenvalue weighted by Gasteiger charge is -2.18. The highest BCUT2D eigenvalue weighted by Gasteiger charge is 2.22. The van der Waals surface area contributed by atoms with Gasteiger partial charge in [-0.05, 0) is 42.8 Å². The molecule has 1 aliphatic rings. The molecule has 0 spiro atoms. The van der Waals surface area contributed by atoms with Crippen LogP contribution in [0.4, 0.5) is 11.4 Å². The van der Waals surface area contributed by atoms with Gasteiger partial charge < -0.3 is 10.1 Å². The Morgan fingerprint density at radius 2 is 1.79 bits per heavy atom. The van der Waals surface area contributed by atoms with E-state index in [0.717, 1.165) is 6.42 Å². The average Bonchev–Trinajstić information content (AvgIpc) is 2.67. The van der Waals surface area contributed by atoms with E-state index in [1.807, 2.05) is 6.92 Å². The summed E-state index contributed by atoms with van der Waals surface area (Å²) in [5.74, 6) is -0.0108. The Hall–Kier alpha value is -2.63. The molecular formula is C18H21N3O6S2. The Morgan fingerprint density at radius 1 is 1.03 bits per heavy atom. The SMILES string of the molecule is CCCCNS(=O)(=O)c1cccc(NS(=O)(=O)c2ccc3c(c2)NC(=O)CO3)c1. The Bertz CT molecular complexity index is 1130. The van der Waals surface area contributed by atoms with Crippen molar-refractivity contribution in [3.8, 4) is 5.75 Å². The van der Waals surface area contributed by atoms with Gasteiger partial charge in [0.25, 0.3) is 15.9 Å². The average molecular weight is 440 g/mol. The zero-order chi connectivity index (χ0) is 21.1. The first-order valence-corrected chi connectivity index (χ1v) is 11.9. The first-order chi connectivity index (χ1) is 13.7. The highest BCUT2D eigenvalue weighted by Crippen LogP contribution is 2.31. The van der Waals surface area contributed by atoms with E-state index in [1.165, 1.54) is 42.5 Å². The molecule has 3 rings (SSSR count). The number of hydrogen-bond donors (Lipinski definition) is 3. The van der Waals surface area contributed by atoms with Crippen molar-refractivity contribution < 1.29 is 26.4 Å². The maximum absolute atomic E-state index is 12.7. The summed E-state index contributed by atoms with van der Waals surface area (Å²) in [4.78, 5) is 11.3. The van der Waals surface area contributed by atoms with Crippen molar-refractivity contribution in [1.29, 1.82) is 0 Å². The van der Waals surface area contributed by atoms with Crippen LogP contribution in [0.3, 0.4) is 0 Å². The molecule has 9 nitrogen and oxygen atoms in total. The second-order valence-electron chi connectivity index (χ2n) is 6.38. The third-order valence-electron chi connectivity index (χ3n) is 4.11. The largest absolute Gasteiger partial charge is 0.482 e. The van der Waals surface area contributed by atoms with Gasteiger partial charge in [-0.15, -0.1) is 0 Å². The maximum atomic E-state index is 12.7. The number of carbonyl (C=O) groups excluding carboxylic acids is 1. The van der Waals surface area contributed by atoms with Crippen molar-refractivity contribution in [2.45, 2.75) is 29.6 Å². The summed E-state index contributed by atoms with van der Waals surface area (Å²) in [7, 11) is -7.76. The number of hydrogen-bond acceptors (Lipinski definition) is 6. The molecule has 0 saturated carbocycles. The van der Waals surface area contributed by atoms with Crippen molar-refractivity contribution >= 4 is 37.3 Å². The van der Waals surface area contributed by atoms with Gasteiger partial charge in [0.15, 0.2) is 6.61 Å². The fourth-order valence-corrected chi connectivity index (χ4v) is 4.83. The van der Waals surface area contributed by atoms with Gasteiger partial charge in [-0.2, -0.15) is 0 Å². The van der Waals surface area contributed by atoms with Gasteiger partial charge in [0, 0.05) is 6.54 Å². The highest BCUT2D eigenvalue weighted by molar-refractivity contribution is 7.92. The van der Waals surface area contributed by atoms with Crippen molar-refractivity contribution in [3.63, 3.8) is 0 Å². The molecule has 0 saturated heterocycles. The molecule has 0 aliphatic carbocycles. The number of rotatable bonds is 8. The second-order valence-corrected chi connectivity index (χ2v) is 9.83. The summed E-state index contributed by atoms with van der Waals surface area (Å²) in [5.41, 5.74) is 0.349. The van der Waals surface area contributed by atoms with E-state index in [0.29, 0.717) is 18.7 Å². The van der Waals surface area contributed by atoms with E-state index in [9.17, 15) is 21.6 Å². The summed E-state index contributed by atoms with van der Waals surface area (Å²) in [6, 6.07) is 9.60. The zero-order valence-electron chi connectivity index (χ0n) is 15.6. The lowest BCUT2D eigenvalue weighted by atomic mass is 10.2. The molecule has 1 aliphatic heterocycles. The van der Waals surface area contributed by atoms with Gasteiger partial charge in [-0.25, -0.2) is 21.6 Å². The molecule has 0 bridgehead atoms. The maximum Gasteiger partial charge on any atom is 0.262 e. The number of benzene rings is 2. The van der Waals surface area contributed by atoms with Crippen molar-refractivity contribution in [3.05, 3.63) is 42.5 Å². The first-order valence-electron chi connectivity index (χ1n) is 8.90. The number of ether oxygens (including phenoxy) is 1. The minimum Gasteiger partial charge on any atom is -0.482 e. The quantitative estimate of drug-likeness (QED) is 0.539. The van der Waals surface area contributed by atoms with Crippen LogP contribution in [0.25, 0.3) is 0 Å². The monoisotopic (exact) mass is 439 g/mol. The third kappa shape index (κ3) is 5.05. The number of fused-ring (bicyclic) bond motifs is 1. The Kier molecular flexibility index (Phi) is 6.10. The third-order valence-corrected chi connectivity index (χ3v) is 6.95. The lowest BCUT2D eigenvalue weighted by Crippen LogP contribution is -2.26. The van der Waals surface area contributed by atoms with Crippen LogP contribution in [-0.4, -0.2) is 35.9 Å². The number of anilines is 2. The molecule has 11 heteroatoms. The van der Waals surface area contributed by atoms with E-state index in [2.05, 4.69) is 14.8 Å². The van der Waals surface area contributed by atoms with Gasteiger partial charge in [0.1, 0.15) is 5.75 Å². The summed E-state index contributed by atoms with van der Waals surface area (Å²) >= 11 is 0. The van der Waals surface area contributed by atoms with Gasteiger partial charge in [-0.3, -0.25) is 9.52 Å². The lowest BCUT2D eigenvalue weighted by molar-refractivity contribution is -0.118. The van der Waals surface area contributed by atoms with Gasteiger partial charge >= 0.3 is 0 Å². The molecular weight excluding hydrogens is 418 g/mol. The van der Waals surface area contributed by atoms with Crippen LogP contribution >= 0.6 is 0 Å². The van der Waals surface area contributed by atoms with Gasteiger partial charge in [-0.1, -0.05) is 19.4 Å². The number of unbranched alkanes of at least 4 members (excludes halogenated alkanes) is 1. The summed E-state index contributed by atoms with van der Waals surface area (Å²) in [6.07, 6.45) is 1.54. The fraction of sp³-hybridized carbons (Fsp3) is 0.278. The Labute approximate surface area is 169 Å². The molecule has 29 heavy (non-hydrogen) atoms. The van der Waals surface area contributed by atoms with E-state index < -0.39 is 20.0 Å². The topological polar surface area (TPSA) is 131 Å². The van der Waals surface area contributed by atoms with Crippen molar-refractivity contribution in [1.82, 2.24) is 4.72 Å². The summed E-state index contributed by atoms with van der Waals surface area (Å²) in [5, 5.41) is 2.55.